The fraction of sp³-hybridized carbons (Fsp3) is 0.308. The minimum Gasteiger partial charge on any atom is -0.487 e. The summed E-state index contributed by atoms with van der Waals surface area (Å²) in [4.78, 5) is 21.2. The number of carbonyl (C=O) groups excluding carboxylic acids is 1. The van der Waals surface area contributed by atoms with Crippen LogP contribution in [0.3, 0.4) is 0 Å². The molecule has 0 saturated carbocycles. The number of alkyl halides is 2. The number of ether oxygens (including phenoxy) is 2. The number of benzene rings is 2. The Morgan fingerprint density at radius 1 is 1.24 bits per heavy atom. The predicted octanol–water partition coefficient (Wildman–Crippen LogP) is 4.27. The van der Waals surface area contributed by atoms with Crippen LogP contribution >= 0.6 is 11.6 Å². The van der Waals surface area contributed by atoms with Crippen molar-refractivity contribution in [3.63, 3.8) is 0 Å². The number of nitrogens with zero attached hydrogens (tertiary/aromatic N) is 4. The highest BCUT2D eigenvalue weighted by molar-refractivity contribution is 6.31. The second-order valence-electron chi connectivity index (χ2n) is 8.65. The molecular weight excluding hydrogens is 520 g/mol. The molecule has 200 valence electrons. The van der Waals surface area contributed by atoms with Gasteiger partial charge in [-0.15, -0.1) is 0 Å². The van der Waals surface area contributed by atoms with E-state index in [1.54, 1.807) is 29.9 Å². The number of aryl methyl sites for hydroxylation is 3. The van der Waals surface area contributed by atoms with Crippen LogP contribution in [0.1, 0.15) is 28.4 Å². The molecule has 0 aliphatic rings. The highest BCUT2D eigenvalue weighted by atomic mass is 35.5. The van der Waals surface area contributed by atoms with Crippen molar-refractivity contribution in [2.24, 2.45) is 7.05 Å². The average molecular weight is 546 g/mol. The number of carbonyl (C=O) groups is 1. The Morgan fingerprint density at radius 3 is 2.71 bits per heavy atom. The molecule has 38 heavy (non-hydrogen) atoms. The molecule has 4 aromatic rings. The molecule has 0 fully saturated rings. The summed E-state index contributed by atoms with van der Waals surface area (Å²) >= 11 is 6.56. The summed E-state index contributed by atoms with van der Waals surface area (Å²) in [5.41, 5.74) is 4.01. The maximum atomic E-state index is 12.3. The molecule has 2 N–H and O–H groups in total. The summed E-state index contributed by atoms with van der Waals surface area (Å²) in [5.74, 6) is 0.366. The number of pyridine rings is 1. The number of aromatic nitrogens is 4. The van der Waals surface area contributed by atoms with Crippen molar-refractivity contribution >= 4 is 28.4 Å². The Bertz CT molecular complexity index is 1460. The first kappa shape index (κ1) is 27.4. The fourth-order valence-electron chi connectivity index (χ4n) is 4.20. The van der Waals surface area contributed by atoms with E-state index in [4.69, 9.17) is 16.3 Å². The number of amides is 1. The van der Waals surface area contributed by atoms with E-state index in [9.17, 15) is 18.7 Å². The zero-order chi connectivity index (χ0) is 27.4. The summed E-state index contributed by atoms with van der Waals surface area (Å²) in [7, 11) is 1.81. The molecule has 1 amide bonds. The third-order valence-electron chi connectivity index (χ3n) is 5.86. The molecule has 2 heterocycles. The lowest BCUT2D eigenvalue weighted by Gasteiger charge is -2.22. The van der Waals surface area contributed by atoms with E-state index in [2.05, 4.69) is 25.1 Å². The van der Waals surface area contributed by atoms with E-state index in [1.165, 1.54) is 6.33 Å². The Labute approximate surface area is 222 Å². The molecular formula is C26H26ClF2N5O4. The smallest absolute Gasteiger partial charge is 0.345 e. The highest BCUT2D eigenvalue weighted by Crippen LogP contribution is 2.34. The number of halogens is 3. The normalized spacial score (nSPS) is 12.2. The van der Waals surface area contributed by atoms with Gasteiger partial charge in [0, 0.05) is 34.3 Å². The van der Waals surface area contributed by atoms with Gasteiger partial charge >= 0.3 is 6.61 Å². The zero-order valence-electron chi connectivity index (χ0n) is 20.9. The number of nitrogens with one attached hydrogen (secondary N) is 1. The number of fused-ring (bicyclic) bond motifs is 1. The van der Waals surface area contributed by atoms with Crippen molar-refractivity contribution in [1.82, 2.24) is 25.1 Å². The molecule has 0 saturated heterocycles. The summed E-state index contributed by atoms with van der Waals surface area (Å²) < 4.78 is 36.6. The summed E-state index contributed by atoms with van der Waals surface area (Å²) in [6.07, 6.45) is 1.48. The molecule has 1 atom stereocenters. The van der Waals surface area contributed by atoms with Gasteiger partial charge in [0.1, 0.15) is 30.8 Å². The van der Waals surface area contributed by atoms with Gasteiger partial charge in [-0.25, -0.2) is 14.6 Å². The van der Waals surface area contributed by atoms with Gasteiger partial charge in [-0.05, 0) is 43.2 Å². The van der Waals surface area contributed by atoms with Gasteiger partial charge in [0.05, 0.1) is 12.6 Å². The second kappa shape index (κ2) is 11.8. The van der Waals surface area contributed by atoms with Crippen LogP contribution in [-0.2, 0) is 23.2 Å². The predicted molar refractivity (Wildman–Crippen MR) is 137 cm³/mol. The minimum absolute atomic E-state index is 0.0115. The first-order chi connectivity index (χ1) is 18.2. The summed E-state index contributed by atoms with van der Waals surface area (Å²) in [6, 6.07) is 10.0. The van der Waals surface area contributed by atoms with E-state index in [1.807, 2.05) is 32.0 Å². The van der Waals surface area contributed by atoms with Crippen molar-refractivity contribution in [3.8, 4) is 17.1 Å². The van der Waals surface area contributed by atoms with Crippen LogP contribution in [0, 0.1) is 13.8 Å². The molecule has 0 bridgehead atoms. The highest BCUT2D eigenvalue weighted by Gasteiger charge is 2.22. The van der Waals surface area contributed by atoms with Crippen LogP contribution < -0.4 is 10.1 Å². The Kier molecular flexibility index (Phi) is 8.50. The van der Waals surface area contributed by atoms with E-state index < -0.39 is 31.8 Å². The van der Waals surface area contributed by atoms with Gasteiger partial charge in [-0.2, -0.15) is 13.9 Å². The number of para-hydroxylation sites is 1. The van der Waals surface area contributed by atoms with Crippen molar-refractivity contribution in [2.75, 3.05) is 13.2 Å². The maximum Gasteiger partial charge on any atom is 0.345 e. The monoisotopic (exact) mass is 545 g/mol. The molecule has 0 unspecified atom stereocenters. The summed E-state index contributed by atoms with van der Waals surface area (Å²) in [6.45, 7) is -0.767. The number of aliphatic hydroxyl groups is 1. The molecule has 0 radical (unpaired) electrons. The van der Waals surface area contributed by atoms with E-state index in [0.29, 0.717) is 33.2 Å². The summed E-state index contributed by atoms with van der Waals surface area (Å²) in [5, 5.41) is 17.9. The van der Waals surface area contributed by atoms with Gasteiger partial charge in [0.25, 0.3) is 0 Å². The largest absolute Gasteiger partial charge is 0.487 e. The van der Waals surface area contributed by atoms with Crippen LogP contribution in [0.4, 0.5) is 8.78 Å². The zero-order valence-corrected chi connectivity index (χ0v) is 21.7. The first-order valence-electron chi connectivity index (χ1n) is 11.6. The third kappa shape index (κ3) is 6.07. The van der Waals surface area contributed by atoms with Crippen LogP contribution in [0.25, 0.3) is 22.3 Å². The van der Waals surface area contributed by atoms with E-state index in [0.717, 1.165) is 22.2 Å². The Hall–Kier alpha value is -3.67. The maximum absolute atomic E-state index is 12.3. The van der Waals surface area contributed by atoms with Crippen molar-refractivity contribution < 1.29 is 28.2 Å². The lowest BCUT2D eigenvalue weighted by atomic mass is 9.98. The molecule has 2 aromatic carbocycles. The van der Waals surface area contributed by atoms with Crippen molar-refractivity contribution in [2.45, 2.75) is 33.1 Å². The molecule has 0 aliphatic heterocycles. The SMILES string of the molecule is Cc1cc(Cl)c(COc2cccc3c(-c4ncnn4C)cc(C)nc23)c([C@H](CO)NC(=O)COC(F)F)c1. The van der Waals surface area contributed by atoms with Gasteiger partial charge in [-0.1, -0.05) is 29.8 Å². The lowest BCUT2D eigenvalue weighted by molar-refractivity contribution is -0.152. The third-order valence-corrected chi connectivity index (χ3v) is 6.20. The molecule has 12 heteroatoms. The molecule has 0 spiro atoms. The second-order valence-corrected chi connectivity index (χ2v) is 9.06. The van der Waals surface area contributed by atoms with Crippen LogP contribution in [0.5, 0.6) is 5.75 Å². The number of aliphatic hydroxyl groups excluding tert-OH is 1. The van der Waals surface area contributed by atoms with Gasteiger partial charge < -0.3 is 19.9 Å². The fourth-order valence-corrected chi connectivity index (χ4v) is 4.54. The lowest BCUT2D eigenvalue weighted by Crippen LogP contribution is -2.34. The average Bonchev–Trinajstić information content (AvgIpc) is 3.30. The van der Waals surface area contributed by atoms with Crippen molar-refractivity contribution in [1.29, 1.82) is 0 Å². The van der Waals surface area contributed by atoms with Crippen molar-refractivity contribution in [3.05, 3.63) is 70.1 Å². The van der Waals surface area contributed by atoms with Crippen LogP contribution in [0.2, 0.25) is 5.02 Å². The quantitative estimate of drug-likeness (QED) is 0.306. The number of hydrogen-bond donors (Lipinski definition) is 2. The number of hydrogen-bond acceptors (Lipinski definition) is 7. The Balaban J connectivity index is 1.67. The van der Waals surface area contributed by atoms with Gasteiger partial charge in [0.15, 0.2) is 5.82 Å². The minimum atomic E-state index is -3.09. The van der Waals surface area contributed by atoms with Gasteiger partial charge in [-0.3, -0.25) is 4.79 Å². The van der Waals surface area contributed by atoms with Crippen LogP contribution in [-0.4, -0.2) is 50.6 Å². The molecule has 4 rings (SSSR count). The van der Waals surface area contributed by atoms with Gasteiger partial charge in [0.2, 0.25) is 5.91 Å². The molecule has 2 aromatic heterocycles. The molecule has 9 nitrogen and oxygen atoms in total. The first-order valence-corrected chi connectivity index (χ1v) is 12.0. The Morgan fingerprint density at radius 2 is 2.03 bits per heavy atom. The topological polar surface area (TPSA) is 111 Å². The van der Waals surface area contributed by atoms with Crippen LogP contribution in [0.15, 0.2) is 42.7 Å². The molecule has 0 aliphatic carbocycles. The van der Waals surface area contributed by atoms with E-state index in [-0.39, 0.29) is 6.61 Å². The standard InChI is InChI=1S/C26H26ClF2N5O4/c1-14-7-17(21(10-35)33-23(36)12-38-26(28)29)19(20(27)8-14)11-37-22-6-4-5-16-18(9-15(2)32-24(16)22)25-30-13-31-34(25)3/h4-9,13,21,26,35H,10-12H2,1-3H3,(H,33,36)/t21-/m0/s1. The van der Waals surface area contributed by atoms with E-state index >= 15 is 0 Å². The number of rotatable bonds is 10.